The van der Waals surface area contributed by atoms with Gasteiger partial charge in [0.1, 0.15) is 5.82 Å². The monoisotopic (exact) mass is 626 g/mol. The van der Waals surface area contributed by atoms with Gasteiger partial charge < -0.3 is 0 Å². The highest BCUT2D eigenvalue weighted by atomic mass is 15.1. The maximum Gasteiger partial charge on any atom is 0.160 e. The maximum absolute atomic E-state index is 5.07. The van der Waals surface area contributed by atoms with Gasteiger partial charge in [0.25, 0.3) is 0 Å². The number of rotatable bonds is 6. The van der Waals surface area contributed by atoms with Crippen LogP contribution in [-0.4, -0.2) is 19.5 Å². The molecule has 9 rings (SSSR count). The summed E-state index contributed by atoms with van der Waals surface area (Å²) in [6, 6.07) is 61.2. The number of nitrogens with zero attached hydrogens (tertiary/aromatic N) is 4. The number of fused-ring (bicyclic) bond motifs is 3. The number of aromatic nitrogens is 4. The topological polar surface area (TPSA) is 43.6 Å². The Bertz CT molecular complexity index is 2400. The van der Waals surface area contributed by atoms with Crippen LogP contribution in [0.25, 0.3) is 83.8 Å². The van der Waals surface area contributed by atoms with Crippen molar-refractivity contribution in [3.63, 3.8) is 0 Å². The molecule has 0 N–H and O–H groups in total. The zero-order valence-electron chi connectivity index (χ0n) is 26.6. The van der Waals surface area contributed by atoms with Crippen molar-refractivity contribution >= 4 is 21.8 Å². The first-order valence-electron chi connectivity index (χ1n) is 16.4. The van der Waals surface area contributed by atoms with Gasteiger partial charge in [0.2, 0.25) is 0 Å². The van der Waals surface area contributed by atoms with Crippen LogP contribution in [0.3, 0.4) is 0 Å². The summed E-state index contributed by atoms with van der Waals surface area (Å²) in [4.78, 5) is 15.0. The van der Waals surface area contributed by atoms with Gasteiger partial charge in [-0.15, -0.1) is 0 Å². The van der Waals surface area contributed by atoms with E-state index < -0.39 is 0 Å². The molecule has 0 saturated heterocycles. The van der Waals surface area contributed by atoms with Gasteiger partial charge in [-0.1, -0.05) is 133 Å². The lowest BCUT2D eigenvalue weighted by Crippen LogP contribution is -1.99. The molecule has 6 aromatic carbocycles. The second-order valence-electron chi connectivity index (χ2n) is 12.1. The molecule has 3 heterocycles. The van der Waals surface area contributed by atoms with Crippen LogP contribution < -0.4 is 0 Å². The molecule has 0 aliphatic rings. The number of pyridine rings is 1. The van der Waals surface area contributed by atoms with Crippen LogP contribution in [0.1, 0.15) is 0 Å². The molecule has 0 atom stereocenters. The summed E-state index contributed by atoms with van der Waals surface area (Å²) >= 11 is 0. The van der Waals surface area contributed by atoms with Crippen LogP contribution in [-0.2, 0) is 0 Å². The minimum Gasteiger partial charge on any atom is -0.294 e. The van der Waals surface area contributed by atoms with Gasteiger partial charge in [0, 0.05) is 33.7 Å². The van der Waals surface area contributed by atoms with Crippen molar-refractivity contribution in [2.75, 3.05) is 0 Å². The summed E-state index contributed by atoms with van der Waals surface area (Å²) in [7, 11) is 0. The standard InChI is InChI=1S/C45H30N4/c1-5-13-31(14-6-1)35-21-24-42-38(27-35)39-28-36(32-15-7-2-8-16-32)22-25-43(39)49(42)44-26-23-37(30-46-44)41-29-40(33-17-9-3-10-18-33)47-45(48-41)34-19-11-4-12-20-34/h1-30H. The molecule has 0 amide bonds. The Balaban J connectivity index is 1.19. The first-order valence-corrected chi connectivity index (χ1v) is 16.4. The molecule has 4 heteroatoms. The minimum absolute atomic E-state index is 0.687. The van der Waals surface area contributed by atoms with Crippen molar-refractivity contribution in [1.82, 2.24) is 19.5 Å². The molecule has 9 aromatic rings. The fourth-order valence-corrected chi connectivity index (χ4v) is 6.63. The molecule has 0 saturated carbocycles. The molecule has 0 radical (unpaired) electrons. The summed E-state index contributed by atoms with van der Waals surface area (Å²) in [5, 5.41) is 2.38. The molecule has 0 bridgehead atoms. The quantitative estimate of drug-likeness (QED) is 0.184. The SMILES string of the molecule is c1ccc(-c2ccc3c(c2)c2cc(-c4ccccc4)ccc2n3-c2ccc(-c3cc(-c4ccccc4)nc(-c4ccccc4)n3)cn2)cc1. The fourth-order valence-electron chi connectivity index (χ4n) is 6.63. The van der Waals surface area contributed by atoms with Gasteiger partial charge in [0.15, 0.2) is 5.82 Å². The molecule has 49 heavy (non-hydrogen) atoms. The Labute approximate surface area is 284 Å². The van der Waals surface area contributed by atoms with Gasteiger partial charge in [-0.2, -0.15) is 0 Å². The van der Waals surface area contributed by atoms with Crippen LogP contribution in [0.4, 0.5) is 0 Å². The highest BCUT2D eigenvalue weighted by Crippen LogP contribution is 2.37. The van der Waals surface area contributed by atoms with Crippen LogP contribution >= 0.6 is 0 Å². The lowest BCUT2D eigenvalue weighted by Gasteiger charge is -2.11. The van der Waals surface area contributed by atoms with Crippen LogP contribution in [0.2, 0.25) is 0 Å². The summed E-state index contributed by atoms with van der Waals surface area (Å²) in [5.74, 6) is 1.54. The average molecular weight is 627 g/mol. The predicted octanol–water partition coefficient (Wildman–Crippen LogP) is 11.3. The Kier molecular flexibility index (Phi) is 7.10. The van der Waals surface area contributed by atoms with Crippen LogP contribution in [0, 0.1) is 0 Å². The Hall–Kier alpha value is -6.65. The lowest BCUT2D eigenvalue weighted by atomic mass is 10.0. The molecule has 3 aromatic heterocycles. The fraction of sp³-hybridized carbons (Fsp3) is 0. The van der Waals surface area contributed by atoms with E-state index in [4.69, 9.17) is 15.0 Å². The van der Waals surface area contributed by atoms with Gasteiger partial charge in [0.05, 0.1) is 22.4 Å². The van der Waals surface area contributed by atoms with E-state index in [1.165, 1.54) is 33.0 Å². The third kappa shape index (κ3) is 5.35. The van der Waals surface area contributed by atoms with E-state index in [1.807, 2.05) is 54.7 Å². The van der Waals surface area contributed by atoms with Crippen LogP contribution in [0.5, 0.6) is 0 Å². The molecule has 0 spiro atoms. The Morgan fingerprint density at radius 1 is 0.347 bits per heavy atom. The first-order chi connectivity index (χ1) is 24.3. The van der Waals surface area contributed by atoms with Crippen LogP contribution in [0.15, 0.2) is 182 Å². The summed E-state index contributed by atoms with van der Waals surface area (Å²) < 4.78 is 2.27. The molecular formula is C45H30N4. The molecular weight excluding hydrogens is 597 g/mol. The van der Waals surface area contributed by atoms with Gasteiger partial charge >= 0.3 is 0 Å². The van der Waals surface area contributed by atoms with Crippen molar-refractivity contribution in [3.8, 4) is 62.0 Å². The normalized spacial score (nSPS) is 11.3. The smallest absolute Gasteiger partial charge is 0.160 e. The van der Waals surface area contributed by atoms with E-state index in [2.05, 4.69) is 132 Å². The Morgan fingerprint density at radius 3 is 1.29 bits per heavy atom. The van der Waals surface area contributed by atoms with E-state index in [-0.39, 0.29) is 0 Å². The number of hydrogen-bond acceptors (Lipinski definition) is 3. The molecule has 0 unspecified atom stereocenters. The largest absolute Gasteiger partial charge is 0.294 e. The van der Waals surface area contributed by atoms with Gasteiger partial charge in [-0.05, 0) is 64.7 Å². The second kappa shape index (κ2) is 12.2. The number of hydrogen-bond donors (Lipinski definition) is 0. The van der Waals surface area contributed by atoms with E-state index in [0.29, 0.717) is 5.82 Å². The van der Waals surface area contributed by atoms with Crippen molar-refractivity contribution in [1.29, 1.82) is 0 Å². The Morgan fingerprint density at radius 2 is 0.796 bits per heavy atom. The lowest BCUT2D eigenvalue weighted by molar-refractivity contribution is 1.08. The van der Waals surface area contributed by atoms with E-state index in [0.717, 1.165) is 44.9 Å². The highest BCUT2D eigenvalue weighted by Gasteiger charge is 2.16. The molecule has 230 valence electrons. The third-order valence-electron chi connectivity index (χ3n) is 9.08. The predicted molar refractivity (Wildman–Crippen MR) is 201 cm³/mol. The van der Waals surface area contributed by atoms with E-state index >= 15 is 0 Å². The highest BCUT2D eigenvalue weighted by molar-refractivity contribution is 6.11. The first kappa shape index (κ1) is 28.6. The number of benzene rings is 6. The van der Waals surface area contributed by atoms with E-state index in [9.17, 15) is 0 Å². The maximum atomic E-state index is 5.07. The summed E-state index contributed by atoms with van der Waals surface area (Å²) in [6.07, 6.45) is 1.93. The van der Waals surface area contributed by atoms with Crippen molar-refractivity contribution in [3.05, 3.63) is 182 Å². The summed E-state index contributed by atoms with van der Waals surface area (Å²) in [6.45, 7) is 0. The van der Waals surface area contributed by atoms with Crippen molar-refractivity contribution in [2.45, 2.75) is 0 Å². The minimum atomic E-state index is 0.687. The third-order valence-corrected chi connectivity index (χ3v) is 9.08. The summed E-state index contributed by atoms with van der Waals surface area (Å²) in [5.41, 5.74) is 11.6. The van der Waals surface area contributed by atoms with Gasteiger partial charge in [-0.25, -0.2) is 15.0 Å². The van der Waals surface area contributed by atoms with E-state index in [1.54, 1.807) is 0 Å². The second-order valence-corrected chi connectivity index (χ2v) is 12.1. The molecule has 0 aliphatic carbocycles. The molecule has 0 fully saturated rings. The average Bonchev–Trinajstić information content (AvgIpc) is 3.52. The van der Waals surface area contributed by atoms with Gasteiger partial charge in [-0.3, -0.25) is 4.57 Å². The molecule has 4 nitrogen and oxygen atoms in total. The zero-order chi connectivity index (χ0) is 32.6. The van der Waals surface area contributed by atoms with Crippen molar-refractivity contribution in [2.24, 2.45) is 0 Å². The van der Waals surface area contributed by atoms with Crippen molar-refractivity contribution < 1.29 is 0 Å². The molecule has 0 aliphatic heterocycles. The zero-order valence-corrected chi connectivity index (χ0v) is 26.6.